The normalized spacial score (nSPS) is 31.1. The average molecular weight is 159 g/mol. The number of nitrogens with one attached hydrogen (secondary N) is 1. The molecule has 1 aliphatic rings. The van der Waals surface area contributed by atoms with Crippen LogP contribution in [0.25, 0.3) is 0 Å². The van der Waals surface area contributed by atoms with E-state index in [4.69, 9.17) is 9.47 Å². The molecule has 3 nitrogen and oxygen atoms in total. The monoisotopic (exact) mass is 159 g/mol. The first-order valence-electron chi connectivity index (χ1n) is 4.08. The van der Waals surface area contributed by atoms with Crippen molar-refractivity contribution in [2.45, 2.75) is 18.4 Å². The van der Waals surface area contributed by atoms with Crippen LogP contribution >= 0.6 is 0 Å². The fourth-order valence-corrected chi connectivity index (χ4v) is 1.50. The first kappa shape index (κ1) is 8.97. The van der Waals surface area contributed by atoms with Crippen LogP contribution in [0.4, 0.5) is 0 Å². The minimum Gasteiger partial charge on any atom is -0.385 e. The molecule has 0 spiro atoms. The van der Waals surface area contributed by atoms with Crippen molar-refractivity contribution in [2.75, 3.05) is 33.9 Å². The number of hydrogen-bond acceptors (Lipinski definition) is 3. The second kappa shape index (κ2) is 4.04. The van der Waals surface area contributed by atoms with Crippen molar-refractivity contribution in [2.24, 2.45) is 0 Å². The van der Waals surface area contributed by atoms with Gasteiger partial charge in [0, 0.05) is 33.8 Å². The molecule has 1 atom stereocenters. The van der Waals surface area contributed by atoms with Crippen molar-refractivity contribution >= 4 is 0 Å². The summed E-state index contributed by atoms with van der Waals surface area (Å²) in [5.74, 6) is 0. The van der Waals surface area contributed by atoms with Crippen LogP contribution in [0.3, 0.4) is 0 Å². The SMILES string of the molecule is COCCC1(OC)CCNC1. The second-order valence-electron chi connectivity index (χ2n) is 3.06. The van der Waals surface area contributed by atoms with Gasteiger partial charge < -0.3 is 14.8 Å². The topological polar surface area (TPSA) is 30.5 Å². The standard InChI is InChI=1S/C8H17NO2/c1-10-6-4-8(11-2)3-5-9-7-8/h9H,3-7H2,1-2H3. The lowest BCUT2D eigenvalue weighted by Crippen LogP contribution is -2.35. The van der Waals surface area contributed by atoms with Gasteiger partial charge in [-0.1, -0.05) is 0 Å². The molecule has 1 fully saturated rings. The van der Waals surface area contributed by atoms with Crippen LogP contribution < -0.4 is 5.32 Å². The molecular weight excluding hydrogens is 142 g/mol. The Hall–Kier alpha value is -0.120. The summed E-state index contributed by atoms with van der Waals surface area (Å²) < 4.78 is 10.5. The third-order valence-corrected chi connectivity index (χ3v) is 2.40. The summed E-state index contributed by atoms with van der Waals surface area (Å²) in [7, 11) is 3.51. The van der Waals surface area contributed by atoms with Gasteiger partial charge in [-0.05, 0) is 13.0 Å². The van der Waals surface area contributed by atoms with Crippen molar-refractivity contribution < 1.29 is 9.47 Å². The van der Waals surface area contributed by atoms with Gasteiger partial charge in [0.1, 0.15) is 0 Å². The van der Waals surface area contributed by atoms with Crippen LogP contribution in [0.1, 0.15) is 12.8 Å². The number of methoxy groups -OCH3 is 2. The molecule has 1 heterocycles. The first-order valence-corrected chi connectivity index (χ1v) is 4.08. The zero-order valence-corrected chi connectivity index (χ0v) is 7.35. The quantitative estimate of drug-likeness (QED) is 0.644. The lowest BCUT2D eigenvalue weighted by atomic mass is 9.99. The highest BCUT2D eigenvalue weighted by atomic mass is 16.5. The second-order valence-corrected chi connectivity index (χ2v) is 3.06. The Bertz CT molecular complexity index is 111. The van der Waals surface area contributed by atoms with Gasteiger partial charge in [-0.25, -0.2) is 0 Å². The van der Waals surface area contributed by atoms with Gasteiger partial charge in [0.15, 0.2) is 0 Å². The van der Waals surface area contributed by atoms with Crippen LogP contribution in [0.2, 0.25) is 0 Å². The number of ether oxygens (including phenoxy) is 2. The molecule has 0 amide bonds. The first-order chi connectivity index (χ1) is 5.33. The Morgan fingerprint density at radius 2 is 2.27 bits per heavy atom. The summed E-state index contributed by atoms with van der Waals surface area (Å²) in [4.78, 5) is 0. The van der Waals surface area contributed by atoms with Crippen molar-refractivity contribution in [3.63, 3.8) is 0 Å². The molecule has 11 heavy (non-hydrogen) atoms. The highest BCUT2D eigenvalue weighted by Gasteiger charge is 2.32. The van der Waals surface area contributed by atoms with E-state index in [1.807, 2.05) is 0 Å². The predicted molar refractivity (Wildman–Crippen MR) is 43.7 cm³/mol. The summed E-state index contributed by atoms with van der Waals surface area (Å²) in [5.41, 5.74) is 0.0516. The summed E-state index contributed by atoms with van der Waals surface area (Å²) in [6, 6.07) is 0. The van der Waals surface area contributed by atoms with Gasteiger partial charge in [0.05, 0.1) is 5.60 Å². The van der Waals surface area contributed by atoms with E-state index in [-0.39, 0.29) is 5.60 Å². The third-order valence-electron chi connectivity index (χ3n) is 2.40. The fraction of sp³-hybridized carbons (Fsp3) is 1.00. The maximum atomic E-state index is 5.46. The number of hydrogen-bond donors (Lipinski definition) is 1. The highest BCUT2D eigenvalue weighted by Crippen LogP contribution is 2.22. The Morgan fingerprint density at radius 1 is 1.45 bits per heavy atom. The lowest BCUT2D eigenvalue weighted by molar-refractivity contribution is -0.0166. The smallest absolute Gasteiger partial charge is 0.0836 e. The Labute approximate surface area is 68.1 Å². The largest absolute Gasteiger partial charge is 0.385 e. The summed E-state index contributed by atoms with van der Waals surface area (Å²) in [5, 5.41) is 3.29. The molecule has 0 bridgehead atoms. The van der Waals surface area contributed by atoms with Crippen molar-refractivity contribution in [3.8, 4) is 0 Å². The highest BCUT2D eigenvalue weighted by molar-refractivity contribution is 4.89. The van der Waals surface area contributed by atoms with Crippen LogP contribution in [0, 0.1) is 0 Å². The van der Waals surface area contributed by atoms with Gasteiger partial charge in [0.25, 0.3) is 0 Å². The summed E-state index contributed by atoms with van der Waals surface area (Å²) >= 11 is 0. The van der Waals surface area contributed by atoms with E-state index >= 15 is 0 Å². The lowest BCUT2D eigenvalue weighted by Gasteiger charge is -2.25. The molecule has 66 valence electrons. The Kier molecular flexibility index (Phi) is 3.30. The van der Waals surface area contributed by atoms with Crippen LogP contribution in [-0.2, 0) is 9.47 Å². The van der Waals surface area contributed by atoms with Gasteiger partial charge in [-0.15, -0.1) is 0 Å². The molecule has 1 N–H and O–H groups in total. The third kappa shape index (κ3) is 2.15. The molecule has 0 aromatic carbocycles. The molecule has 1 aliphatic heterocycles. The fourth-order valence-electron chi connectivity index (χ4n) is 1.50. The molecule has 0 radical (unpaired) electrons. The zero-order valence-electron chi connectivity index (χ0n) is 7.35. The van der Waals surface area contributed by atoms with Gasteiger partial charge >= 0.3 is 0 Å². The number of rotatable bonds is 4. The maximum absolute atomic E-state index is 5.46. The Morgan fingerprint density at radius 3 is 2.73 bits per heavy atom. The predicted octanol–water partition coefficient (Wildman–Crippen LogP) is 0.401. The van der Waals surface area contributed by atoms with Crippen LogP contribution in [0.5, 0.6) is 0 Å². The minimum absolute atomic E-state index is 0.0516. The molecule has 1 unspecified atom stereocenters. The zero-order chi connectivity index (χ0) is 8.16. The van der Waals surface area contributed by atoms with E-state index in [1.165, 1.54) is 0 Å². The molecule has 3 heteroatoms. The van der Waals surface area contributed by atoms with Crippen molar-refractivity contribution in [1.82, 2.24) is 5.32 Å². The Balaban J connectivity index is 2.33. The minimum atomic E-state index is 0.0516. The molecule has 0 saturated carbocycles. The van der Waals surface area contributed by atoms with E-state index in [9.17, 15) is 0 Å². The van der Waals surface area contributed by atoms with E-state index in [1.54, 1.807) is 14.2 Å². The summed E-state index contributed by atoms with van der Waals surface area (Å²) in [6.07, 6.45) is 2.10. The molecular formula is C8H17NO2. The van der Waals surface area contributed by atoms with Crippen molar-refractivity contribution in [1.29, 1.82) is 0 Å². The maximum Gasteiger partial charge on any atom is 0.0836 e. The van der Waals surface area contributed by atoms with Crippen molar-refractivity contribution in [3.05, 3.63) is 0 Å². The van der Waals surface area contributed by atoms with Gasteiger partial charge in [-0.2, -0.15) is 0 Å². The molecule has 0 aliphatic carbocycles. The van der Waals surface area contributed by atoms with Gasteiger partial charge in [-0.3, -0.25) is 0 Å². The van der Waals surface area contributed by atoms with E-state index < -0.39 is 0 Å². The van der Waals surface area contributed by atoms with Gasteiger partial charge in [0.2, 0.25) is 0 Å². The van der Waals surface area contributed by atoms with Crippen LogP contribution in [-0.4, -0.2) is 39.5 Å². The molecule has 0 aromatic rings. The average Bonchev–Trinajstić information content (AvgIpc) is 2.50. The summed E-state index contributed by atoms with van der Waals surface area (Å²) in [6.45, 7) is 2.82. The van der Waals surface area contributed by atoms with Crippen LogP contribution in [0.15, 0.2) is 0 Å². The van der Waals surface area contributed by atoms with E-state index in [0.717, 1.165) is 32.5 Å². The molecule has 0 aromatic heterocycles. The van der Waals surface area contributed by atoms with E-state index in [2.05, 4.69) is 5.32 Å². The van der Waals surface area contributed by atoms with E-state index in [0.29, 0.717) is 0 Å². The molecule has 1 rings (SSSR count). The molecule has 1 saturated heterocycles.